The minimum Gasteiger partial charge on any atom is -0.423 e. The monoisotopic (exact) mass is 250 g/mol. The van der Waals surface area contributed by atoms with E-state index in [0.717, 1.165) is 13.1 Å². The molecule has 2 atom stereocenters. The molecule has 7 heteroatoms. The van der Waals surface area contributed by atoms with Crippen LogP contribution in [0.25, 0.3) is 0 Å². The Morgan fingerprint density at radius 1 is 1.17 bits per heavy atom. The van der Waals surface area contributed by atoms with Crippen molar-refractivity contribution in [1.29, 1.82) is 0 Å². The van der Waals surface area contributed by atoms with Crippen molar-refractivity contribution >= 4 is 18.5 Å². The van der Waals surface area contributed by atoms with Gasteiger partial charge in [0.05, 0.1) is 0 Å². The summed E-state index contributed by atoms with van der Waals surface area (Å²) in [6, 6.07) is 0.890. The quantitative estimate of drug-likeness (QED) is 0.635. The Morgan fingerprint density at radius 3 is 2.11 bits per heavy atom. The Balaban J connectivity index is 2.12. The lowest BCUT2D eigenvalue weighted by molar-refractivity contribution is 0.169. The molecule has 1 aliphatic heterocycles. The molecule has 0 amide bonds. The van der Waals surface area contributed by atoms with E-state index in [1.165, 1.54) is 12.4 Å². The van der Waals surface area contributed by atoms with Crippen LogP contribution in [0.3, 0.4) is 0 Å². The smallest absolute Gasteiger partial charge is 0.423 e. The number of likely N-dealkylation sites (N-methyl/N-ethyl adjacent to an activating group) is 1. The van der Waals surface area contributed by atoms with Gasteiger partial charge in [0.1, 0.15) is 0 Å². The lowest BCUT2D eigenvalue weighted by atomic mass is 9.83. The summed E-state index contributed by atoms with van der Waals surface area (Å²) in [5.41, 5.74) is 0.314. The molecule has 0 radical (unpaired) electrons. The number of anilines is 1. The number of rotatable bonds is 2. The van der Waals surface area contributed by atoms with Gasteiger partial charge in [0.15, 0.2) is 0 Å². The topological polar surface area (TPSA) is 72.7 Å². The summed E-state index contributed by atoms with van der Waals surface area (Å²) in [5.74, 6) is 0.645. The molecule has 98 valence electrons. The number of hydrogen-bond donors (Lipinski definition) is 2. The molecule has 1 fully saturated rings. The second kappa shape index (κ2) is 5.21. The molecule has 0 aliphatic carbocycles. The first-order chi connectivity index (χ1) is 8.49. The summed E-state index contributed by atoms with van der Waals surface area (Å²) in [7, 11) is 0.614. The Labute approximate surface area is 107 Å². The van der Waals surface area contributed by atoms with Gasteiger partial charge in [0.25, 0.3) is 0 Å². The zero-order valence-electron chi connectivity index (χ0n) is 11.0. The third-order valence-corrected chi connectivity index (χ3v) is 3.60. The molecule has 6 nitrogen and oxygen atoms in total. The molecule has 0 saturated carbocycles. The largest absolute Gasteiger partial charge is 0.491 e. The first kappa shape index (κ1) is 13.3. The van der Waals surface area contributed by atoms with Crippen LogP contribution >= 0.6 is 0 Å². The van der Waals surface area contributed by atoms with Gasteiger partial charge in [-0.1, -0.05) is 0 Å². The van der Waals surface area contributed by atoms with Crippen LogP contribution in [0.5, 0.6) is 0 Å². The molecule has 2 N–H and O–H groups in total. The highest BCUT2D eigenvalue weighted by atomic mass is 16.4. The highest BCUT2D eigenvalue weighted by molar-refractivity contribution is 6.58. The van der Waals surface area contributed by atoms with Gasteiger partial charge in [0, 0.05) is 43.0 Å². The van der Waals surface area contributed by atoms with Gasteiger partial charge in [-0.15, -0.1) is 0 Å². The molecule has 1 aromatic rings. The van der Waals surface area contributed by atoms with Crippen molar-refractivity contribution in [2.45, 2.75) is 25.9 Å². The van der Waals surface area contributed by atoms with Gasteiger partial charge < -0.3 is 14.9 Å². The Bertz CT molecular complexity index is 389. The van der Waals surface area contributed by atoms with Crippen LogP contribution in [0, 0.1) is 0 Å². The van der Waals surface area contributed by atoms with Gasteiger partial charge in [-0.2, -0.15) is 0 Å². The Kier molecular flexibility index (Phi) is 3.84. The molecule has 2 rings (SSSR count). The van der Waals surface area contributed by atoms with E-state index in [-0.39, 0.29) is 0 Å². The van der Waals surface area contributed by atoms with Crippen LogP contribution in [-0.4, -0.2) is 64.3 Å². The molecule has 1 saturated heterocycles. The molecule has 2 heterocycles. The minimum atomic E-state index is -1.51. The van der Waals surface area contributed by atoms with Gasteiger partial charge >= 0.3 is 7.12 Å². The molecule has 0 bridgehead atoms. The molecular formula is C11H19BN4O2. The van der Waals surface area contributed by atoms with Gasteiger partial charge in [0.2, 0.25) is 5.95 Å². The highest BCUT2D eigenvalue weighted by Crippen LogP contribution is 2.16. The lowest BCUT2D eigenvalue weighted by Gasteiger charge is -2.42. The van der Waals surface area contributed by atoms with E-state index >= 15 is 0 Å². The molecular weight excluding hydrogens is 231 g/mol. The average Bonchev–Trinajstić information content (AvgIpc) is 2.35. The van der Waals surface area contributed by atoms with Crippen molar-refractivity contribution in [2.75, 3.05) is 25.0 Å². The maximum Gasteiger partial charge on any atom is 0.491 e. The van der Waals surface area contributed by atoms with Crippen LogP contribution in [0.15, 0.2) is 12.4 Å². The molecule has 1 aromatic heterocycles. The van der Waals surface area contributed by atoms with Crippen LogP contribution in [0.1, 0.15) is 13.8 Å². The van der Waals surface area contributed by atoms with E-state index in [2.05, 4.69) is 40.7 Å². The fourth-order valence-electron chi connectivity index (χ4n) is 2.20. The van der Waals surface area contributed by atoms with E-state index < -0.39 is 7.12 Å². The van der Waals surface area contributed by atoms with Crippen molar-refractivity contribution in [2.24, 2.45) is 0 Å². The van der Waals surface area contributed by atoms with Crippen molar-refractivity contribution in [1.82, 2.24) is 14.9 Å². The first-order valence-electron chi connectivity index (χ1n) is 6.14. The summed E-state index contributed by atoms with van der Waals surface area (Å²) < 4.78 is 0. The summed E-state index contributed by atoms with van der Waals surface area (Å²) in [6.07, 6.45) is 2.92. The SMILES string of the molecule is C[C@@H]1CN(c2ncc(B(O)O)cn2)C[C@H](C)N1C. The van der Waals surface area contributed by atoms with E-state index in [4.69, 9.17) is 10.0 Å². The van der Waals surface area contributed by atoms with Crippen molar-refractivity contribution in [3.63, 3.8) is 0 Å². The zero-order chi connectivity index (χ0) is 13.3. The van der Waals surface area contributed by atoms with Crippen molar-refractivity contribution < 1.29 is 10.0 Å². The average molecular weight is 250 g/mol. The second-order valence-corrected chi connectivity index (χ2v) is 4.96. The predicted octanol–water partition coefficient (Wildman–Crippen LogP) is -1.31. The van der Waals surface area contributed by atoms with Crippen LogP contribution in [0.2, 0.25) is 0 Å². The minimum absolute atomic E-state index is 0.314. The second-order valence-electron chi connectivity index (χ2n) is 4.96. The standard InChI is InChI=1S/C11H19BN4O2/c1-8-6-16(7-9(2)15(8)3)11-13-4-10(5-14-11)12(17)18/h4-5,8-9,17-18H,6-7H2,1-3H3/t8-,9+. The van der Waals surface area contributed by atoms with E-state index in [0.29, 0.717) is 23.5 Å². The van der Waals surface area contributed by atoms with Gasteiger partial charge in [-0.3, -0.25) is 4.90 Å². The Morgan fingerprint density at radius 2 is 1.67 bits per heavy atom. The summed E-state index contributed by atoms with van der Waals surface area (Å²) in [6.45, 7) is 6.10. The summed E-state index contributed by atoms with van der Waals surface area (Å²) >= 11 is 0. The highest BCUT2D eigenvalue weighted by Gasteiger charge is 2.27. The van der Waals surface area contributed by atoms with Crippen LogP contribution < -0.4 is 10.4 Å². The number of aromatic nitrogens is 2. The molecule has 0 aromatic carbocycles. The maximum absolute atomic E-state index is 9.00. The number of piperazine rings is 1. The molecule has 0 spiro atoms. The normalized spacial score (nSPS) is 25.3. The molecule has 18 heavy (non-hydrogen) atoms. The number of nitrogens with zero attached hydrogens (tertiary/aromatic N) is 4. The van der Waals surface area contributed by atoms with E-state index in [1.54, 1.807) is 0 Å². The van der Waals surface area contributed by atoms with Crippen LogP contribution in [-0.2, 0) is 0 Å². The fraction of sp³-hybridized carbons (Fsp3) is 0.636. The fourth-order valence-corrected chi connectivity index (χ4v) is 2.20. The molecule has 0 unspecified atom stereocenters. The zero-order valence-corrected chi connectivity index (χ0v) is 11.0. The van der Waals surface area contributed by atoms with Crippen molar-refractivity contribution in [3.05, 3.63) is 12.4 Å². The summed E-state index contributed by atoms with van der Waals surface area (Å²) in [5, 5.41) is 18.0. The summed E-state index contributed by atoms with van der Waals surface area (Å²) in [4.78, 5) is 12.9. The predicted molar refractivity (Wildman–Crippen MR) is 70.8 cm³/mol. The van der Waals surface area contributed by atoms with Crippen LogP contribution in [0.4, 0.5) is 5.95 Å². The van der Waals surface area contributed by atoms with E-state index in [1.807, 2.05) is 0 Å². The lowest BCUT2D eigenvalue weighted by Crippen LogP contribution is -2.55. The third kappa shape index (κ3) is 2.63. The van der Waals surface area contributed by atoms with Crippen molar-refractivity contribution in [3.8, 4) is 0 Å². The van der Waals surface area contributed by atoms with Gasteiger partial charge in [-0.05, 0) is 20.9 Å². The van der Waals surface area contributed by atoms with E-state index in [9.17, 15) is 0 Å². The van der Waals surface area contributed by atoms with Gasteiger partial charge in [-0.25, -0.2) is 9.97 Å². The molecule has 1 aliphatic rings. The Hall–Kier alpha value is -1.18. The maximum atomic E-state index is 9.00. The third-order valence-electron chi connectivity index (χ3n) is 3.60. The number of hydrogen-bond acceptors (Lipinski definition) is 6. The first-order valence-corrected chi connectivity index (χ1v) is 6.14.